The average molecular weight is 370 g/mol. The van der Waals surface area contributed by atoms with Crippen LogP contribution in [-0.2, 0) is 22.6 Å². The van der Waals surface area contributed by atoms with Gasteiger partial charge >= 0.3 is 0 Å². The first kappa shape index (κ1) is 16.6. The highest BCUT2D eigenvalue weighted by Gasteiger charge is 2.27. The molecule has 0 bridgehead atoms. The van der Waals surface area contributed by atoms with Crippen molar-refractivity contribution in [1.29, 1.82) is 0 Å². The number of benzene rings is 2. The molecule has 0 spiro atoms. The number of amides is 1. The molecule has 1 aromatic heterocycles. The highest BCUT2D eigenvalue weighted by Crippen LogP contribution is 2.20. The van der Waals surface area contributed by atoms with E-state index in [1.54, 1.807) is 12.1 Å². The Labute approximate surface area is 154 Å². The van der Waals surface area contributed by atoms with Gasteiger partial charge in [-0.3, -0.25) is 4.79 Å². The number of nitrogens with zero attached hydrogens (tertiary/aromatic N) is 2. The highest BCUT2D eigenvalue weighted by atomic mass is 35.5. The fourth-order valence-electron chi connectivity index (χ4n) is 2.76. The van der Waals surface area contributed by atoms with Crippen LogP contribution in [0.2, 0.25) is 5.02 Å². The van der Waals surface area contributed by atoms with Crippen molar-refractivity contribution in [3.63, 3.8) is 0 Å². The Morgan fingerprint density at radius 2 is 2.00 bits per heavy atom. The second kappa shape index (κ2) is 7.17. The second-order valence-electron chi connectivity index (χ2n) is 6.06. The fourth-order valence-corrected chi connectivity index (χ4v) is 2.89. The van der Waals surface area contributed by atoms with Gasteiger partial charge in [0.25, 0.3) is 5.91 Å². The number of para-hydroxylation sites is 2. The minimum Gasteiger partial charge on any atom is -0.441 e. The number of oxime groups is 1. The number of nitrogens with one attached hydrogen (secondary N) is 1. The highest BCUT2D eigenvalue weighted by molar-refractivity contribution is 6.39. The third-order valence-electron chi connectivity index (χ3n) is 4.10. The maximum absolute atomic E-state index is 12.2. The lowest BCUT2D eigenvalue weighted by atomic mass is 10.1. The van der Waals surface area contributed by atoms with Gasteiger partial charge in [-0.25, -0.2) is 4.98 Å². The lowest BCUT2D eigenvalue weighted by molar-refractivity contribution is -0.115. The molecule has 0 saturated carbocycles. The van der Waals surface area contributed by atoms with Crippen molar-refractivity contribution in [2.75, 3.05) is 0 Å². The first-order valence-corrected chi connectivity index (χ1v) is 8.65. The monoisotopic (exact) mass is 369 g/mol. The first-order chi connectivity index (χ1) is 12.7. The summed E-state index contributed by atoms with van der Waals surface area (Å²) in [7, 11) is 0. The molecule has 132 valence electrons. The van der Waals surface area contributed by atoms with E-state index in [1.807, 2.05) is 36.4 Å². The quantitative estimate of drug-likeness (QED) is 0.746. The maximum Gasteiger partial charge on any atom is 0.269 e. The molecule has 2 heterocycles. The van der Waals surface area contributed by atoms with Crippen LogP contribution in [0.4, 0.5) is 0 Å². The molecule has 0 fully saturated rings. The van der Waals surface area contributed by atoms with Crippen LogP contribution in [0, 0.1) is 0 Å². The van der Waals surface area contributed by atoms with Crippen molar-refractivity contribution < 1.29 is 14.0 Å². The Morgan fingerprint density at radius 3 is 2.81 bits per heavy atom. The standard InChI is InChI=1S/C19H16ClN3O3/c20-13-7-5-12(6-8-13)11-21-19(24)16-9-14(26-23-16)10-18-22-15-3-1-2-4-17(15)25-18/h1-8,14H,9-11H2,(H,21,24). The summed E-state index contributed by atoms with van der Waals surface area (Å²) in [6, 6.07) is 14.9. The van der Waals surface area contributed by atoms with Crippen molar-refractivity contribution >= 4 is 34.3 Å². The number of hydrogen-bond donors (Lipinski definition) is 1. The van der Waals surface area contributed by atoms with E-state index in [2.05, 4.69) is 15.5 Å². The van der Waals surface area contributed by atoms with E-state index in [1.165, 1.54) is 0 Å². The number of aromatic nitrogens is 1. The zero-order chi connectivity index (χ0) is 17.9. The summed E-state index contributed by atoms with van der Waals surface area (Å²) >= 11 is 5.85. The van der Waals surface area contributed by atoms with E-state index in [0.29, 0.717) is 36.0 Å². The average Bonchev–Trinajstić information content (AvgIpc) is 3.27. The Morgan fingerprint density at radius 1 is 1.19 bits per heavy atom. The molecule has 6 nitrogen and oxygen atoms in total. The predicted molar refractivity (Wildman–Crippen MR) is 97.9 cm³/mol. The van der Waals surface area contributed by atoms with Gasteiger partial charge in [-0.15, -0.1) is 0 Å². The van der Waals surface area contributed by atoms with Crippen molar-refractivity contribution in [2.45, 2.75) is 25.5 Å². The normalized spacial score (nSPS) is 16.3. The van der Waals surface area contributed by atoms with Gasteiger partial charge in [-0.05, 0) is 29.8 Å². The molecule has 1 N–H and O–H groups in total. The molecule has 7 heteroatoms. The molecule has 1 amide bonds. The molecular weight excluding hydrogens is 354 g/mol. The summed E-state index contributed by atoms with van der Waals surface area (Å²) in [5.74, 6) is 0.342. The summed E-state index contributed by atoms with van der Waals surface area (Å²) in [6.45, 7) is 0.408. The predicted octanol–water partition coefficient (Wildman–Crippen LogP) is 3.49. The van der Waals surface area contributed by atoms with Gasteiger partial charge < -0.3 is 14.6 Å². The third-order valence-corrected chi connectivity index (χ3v) is 4.35. The van der Waals surface area contributed by atoms with Crippen LogP contribution in [-0.4, -0.2) is 22.7 Å². The van der Waals surface area contributed by atoms with Crippen molar-refractivity contribution in [3.8, 4) is 0 Å². The number of rotatable bonds is 5. The first-order valence-electron chi connectivity index (χ1n) is 8.27. The second-order valence-corrected chi connectivity index (χ2v) is 6.49. The zero-order valence-corrected chi connectivity index (χ0v) is 14.6. The number of oxazole rings is 1. The molecule has 1 aliphatic rings. The van der Waals surface area contributed by atoms with Crippen LogP contribution in [0.15, 0.2) is 58.1 Å². The van der Waals surface area contributed by atoms with Gasteiger partial charge in [0.1, 0.15) is 17.3 Å². The summed E-state index contributed by atoms with van der Waals surface area (Å²) in [4.78, 5) is 22.0. The summed E-state index contributed by atoms with van der Waals surface area (Å²) < 4.78 is 5.69. The van der Waals surface area contributed by atoms with Crippen LogP contribution < -0.4 is 5.32 Å². The van der Waals surface area contributed by atoms with Crippen LogP contribution in [0.25, 0.3) is 11.1 Å². The maximum atomic E-state index is 12.2. The summed E-state index contributed by atoms with van der Waals surface area (Å²) in [5.41, 5.74) is 2.88. The Kier molecular flexibility index (Phi) is 4.58. The van der Waals surface area contributed by atoms with E-state index in [4.69, 9.17) is 20.9 Å². The van der Waals surface area contributed by atoms with E-state index in [-0.39, 0.29) is 12.0 Å². The molecule has 1 atom stereocenters. The third kappa shape index (κ3) is 3.70. The van der Waals surface area contributed by atoms with Gasteiger partial charge in [0, 0.05) is 18.0 Å². The van der Waals surface area contributed by atoms with Crippen molar-refractivity contribution in [3.05, 3.63) is 65.0 Å². The lowest BCUT2D eigenvalue weighted by Gasteiger charge is -2.05. The minimum absolute atomic E-state index is 0.236. The van der Waals surface area contributed by atoms with E-state index < -0.39 is 0 Å². The molecule has 1 aliphatic heterocycles. The van der Waals surface area contributed by atoms with Crippen LogP contribution in [0.1, 0.15) is 17.9 Å². The number of hydrogen-bond acceptors (Lipinski definition) is 5. The molecule has 0 saturated heterocycles. The molecule has 4 rings (SSSR count). The number of fused-ring (bicyclic) bond motifs is 1. The Bertz CT molecular complexity index is 933. The topological polar surface area (TPSA) is 76.7 Å². The number of carbonyl (C=O) groups is 1. The summed E-state index contributed by atoms with van der Waals surface area (Å²) in [6.07, 6.45) is 0.636. The van der Waals surface area contributed by atoms with Gasteiger partial charge in [0.05, 0.1) is 6.42 Å². The fraction of sp³-hybridized carbons (Fsp3) is 0.211. The van der Waals surface area contributed by atoms with Crippen molar-refractivity contribution in [1.82, 2.24) is 10.3 Å². The molecule has 2 aromatic carbocycles. The van der Waals surface area contributed by atoms with Crippen LogP contribution in [0.3, 0.4) is 0 Å². The smallest absolute Gasteiger partial charge is 0.269 e. The van der Waals surface area contributed by atoms with E-state index in [9.17, 15) is 4.79 Å². The van der Waals surface area contributed by atoms with Gasteiger partial charge in [-0.1, -0.05) is 41.0 Å². The zero-order valence-electron chi connectivity index (χ0n) is 13.8. The molecule has 0 radical (unpaired) electrons. The Hall–Kier alpha value is -2.86. The molecular formula is C19H16ClN3O3. The number of carbonyl (C=O) groups excluding carboxylic acids is 1. The summed E-state index contributed by atoms with van der Waals surface area (Å²) in [5, 5.41) is 7.40. The number of halogens is 1. The van der Waals surface area contributed by atoms with Crippen LogP contribution in [0.5, 0.6) is 0 Å². The molecule has 26 heavy (non-hydrogen) atoms. The van der Waals surface area contributed by atoms with Gasteiger partial charge in [0.15, 0.2) is 11.5 Å². The Balaban J connectivity index is 1.31. The molecule has 0 aliphatic carbocycles. The van der Waals surface area contributed by atoms with Crippen molar-refractivity contribution in [2.24, 2.45) is 5.16 Å². The van der Waals surface area contributed by atoms with E-state index >= 15 is 0 Å². The van der Waals surface area contributed by atoms with Gasteiger partial charge in [0.2, 0.25) is 0 Å². The largest absolute Gasteiger partial charge is 0.441 e. The SMILES string of the molecule is O=C(NCc1ccc(Cl)cc1)C1=NOC(Cc2nc3ccccc3o2)C1. The molecule has 1 unspecified atom stereocenters. The van der Waals surface area contributed by atoms with E-state index in [0.717, 1.165) is 16.7 Å². The minimum atomic E-state index is -0.251. The lowest BCUT2D eigenvalue weighted by Crippen LogP contribution is -2.30. The van der Waals surface area contributed by atoms with Crippen LogP contribution >= 0.6 is 11.6 Å². The van der Waals surface area contributed by atoms with Gasteiger partial charge in [-0.2, -0.15) is 0 Å². The molecule has 3 aromatic rings.